The fourth-order valence-corrected chi connectivity index (χ4v) is 3.42. The van der Waals surface area contributed by atoms with Gasteiger partial charge in [0.25, 0.3) is 5.91 Å². The largest absolute Gasteiger partial charge is 0.339 e. The van der Waals surface area contributed by atoms with Crippen molar-refractivity contribution in [3.05, 3.63) is 52.0 Å². The maximum Gasteiger partial charge on any atom is 0.255 e. The molecule has 1 aromatic carbocycles. The van der Waals surface area contributed by atoms with Crippen LogP contribution < -0.4 is 5.32 Å². The Bertz CT molecular complexity index is 791. The number of aromatic nitrogens is 1. The second-order valence-corrected chi connectivity index (χ2v) is 7.07. The molecular weight excluding hydrogens is 334 g/mol. The standard InChI is InChI=1S/C19H21N3O2S/c1-14-20-15(13-25-14)9-10-18(23)21-17-8-4-3-7-16(17)19(24)22-11-5-2-6-12-22/h3-4,7-10,13H,2,5-6,11-12H2,1H3,(H,21,23)/b10-9+. The number of hydrogen-bond acceptors (Lipinski definition) is 4. The van der Waals surface area contributed by atoms with Gasteiger partial charge in [0.1, 0.15) is 0 Å². The fraction of sp³-hybridized carbons (Fsp3) is 0.316. The van der Waals surface area contributed by atoms with E-state index in [0.29, 0.717) is 11.3 Å². The molecule has 1 aliphatic rings. The molecule has 1 N–H and O–H groups in total. The summed E-state index contributed by atoms with van der Waals surface area (Å²) >= 11 is 1.54. The zero-order chi connectivity index (χ0) is 17.6. The van der Waals surface area contributed by atoms with Crippen molar-refractivity contribution in [2.24, 2.45) is 0 Å². The van der Waals surface area contributed by atoms with Gasteiger partial charge < -0.3 is 10.2 Å². The Balaban J connectivity index is 1.70. The molecule has 0 spiro atoms. The van der Waals surface area contributed by atoms with E-state index in [-0.39, 0.29) is 11.8 Å². The molecule has 1 aromatic heterocycles. The highest BCUT2D eigenvalue weighted by atomic mass is 32.1. The van der Waals surface area contributed by atoms with Crippen molar-refractivity contribution in [2.45, 2.75) is 26.2 Å². The highest BCUT2D eigenvalue weighted by molar-refractivity contribution is 7.09. The fourth-order valence-electron chi connectivity index (χ4n) is 2.84. The number of amides is 2. The zero-order valence-corrected chi connectivity index (χ0v) is 15.0. The zero-order valence-electron chi connectivity index (χ0n) is 14.2. The third-order valence-electron chi connectivity index (χ3n) is 4.10. The molecule has 130 valence electrons. The van der Waals surface area contributed by atoms with Crippen molar-refractivity contribution >= 4 is 34.9 Å². The normalized spacial score (nSPS) is 14.7. The van der Waals surface area contributed by atoms with Crippen LogP contribution in [0.2, 0.25) is 0 Å². The van der Waals surface area contributed by atoms with Crippen molar-refractivity contribution in [1.82, 2.24) is 9.88 Å². The van der Waals surface area contributed by atoms with Crippen LogP contribution in [0.15, 0.2) is 35.7 Å². The van der Waals surface area contributed by atoms with E-state index in [1.54, 1.807) is 18.2 Å². The second-order valence-electron chi connectivity index (χ2n) is 6.01. The van der Waals surface area contributed by atoms with Crippen LogP contribution in [0, 0.1) is 6.92 Å². The van der Waals surface area contributed by atoms with Crippen LogP contribution in [0.5, 0.6) is 0 Å². The minimum Gasteiger partial charge on any atom is -0.339 e. The molecule has 0 saturated carbocycles. The van der Waals surface area contributed by atoms with Gasteiger partial charge in [-0.05, 0) is 44.4 Å². The number of thiazole rings is 1. The maximum atomic E-state index is 12.7. The van der Waals surface area contributed by atoms with Gasteiger partial charge in [-0.2, -0.15) is 0 Å². The Hall–Kier alpha value is -2.47. The van der Waals surface area contributed by atoms with Crippen molar-refractivity contribution < 1.29 is 9.59 Å². The van der Waals surface area contributed by atoms with Gasteiger partial charge >= 0.3 is 0 Å². The number of rotatable bonds is 4. The van der Waals surface area contributed by atoms with Gasteiger partial charge in [-0.25, -0.2) is 4.98 Å². The van der Waals surface area contributed by atoms with Crippen LogP contribution in [0.25, 0.3) is 6.08 Å². The predicted molar refractivity (Wildman–Crippen MR) is 101 cm³/mol. The molecule has 0 aliphatic carbocycles. The average molecular weight is 355 g/mol. The highest BCUT2D eigenvalue weighted by Crippen LogP contribution is 2.20. The summed E-state index contributed by atoms with van der Waals surface area (Å²) in [5.41, 5.74) is 1.84. The van der Waals surface area contributed by atoms with Gasteiger partial charge in [-0.15, -0.1) is 11.3 Å². The molecule has 3 rings (SSSR count). The van der Waals surface area contributed by atoms with Gasteiger partial charge in [-0.3, -0.25) is 9.59 Å². The van der Waals surface area contributed by atoms with E-state index in [0.717, 1.165) is 36.6 Å². The quantitative estimate of drug-likeness (QED) is 0.850. The Labute approximate surface area is 151 Å². The van der Waals surface area contributed by atoms with Gasteiger partial charge in [-0.1, -0.05) is 12.1 Å². The Morgan fingerprint density at radius 2 is 1.96 bits per heavy atom. The summed E-state index contributed by atoms with van der Waals surface area (Å²) < 4.78 is 0. The number of likely N-dealkylation sites (tertiary alicyclic amines) is 1. The molecule has 5 nitrogen and oxygen atoms in total. The number of para-hydroxylation sites is 1. The van der Waals surface area contributed by atoms with Crippen LogP contribution in [0.4, 0.5) is 5.69 Å². The second kappa shape index (κ2) is 8.07. The monoisotopic (exact) mass is 355 g/mol. The third kappa shape index (κ3) is 4.54. The van der Waals surface area contributed by atoms with E-state index < -0.39 is 0 Å². The molecule has 6 heteroatoms. The molecule has 0 radical (unpaired) electrons. The number of carbonyl (C=O) groups is 2. The molecule has 2 heterocycles. The highest BCUT2D eigenvalue weighted by Gasteiger charge is 2.20. The summed E-state index contributed by atoms with van der Waals surface area (Å²) in [5, 5.41) is 5.66. The lowest BCUT2D eigenvalue weighted by atomic mass is 10.1. The van der Waals surface area contributed by atoms with Crippen molar-refractivity contribution in [3.8, 4) is 0 Å². The first-order valence-corrected chi connectivity index (χ1v) is 9.31. The first-order chi connectivity index (χ1) is 12.1. The minimum absolute atomic E-state index is 0.0188. The van der Waals surface area contributed by atoms with E-state index >= 15 is 0 Å². The van der Waals surface area contributed by atoms with Crippen LogP contribution in [-0.4, -0.2) is 34.8 Å². The Morgan fingerprint density at radius 1 is 1.20 bits per heavy atom. The van der Waals surface area contributed by atoms with Crippen LogP contribution in [-0.2, 0) is 4.79 Å². The number of piperidine rings is 1. The van der Waals surface area contributed by atoms with E-state index in [4.69, 9.17) is 0 Å². The minimum atomic E-state index is -0.274. The van der Waals surface area contributed by atoms with Gasteiger partial charge in [0, 0.05) is 24.5 Å². The summed E-state index contributed by atoms with van der Waals surface area (Å²) in [5.74, 6) is -0.292. The van der Waals surface area contributed by atoms with Crippen LogP contribution in [0.3, 0.4) is 0 Å². The lowest BCUT2D eigenvalue weighted by Crippen LogP contribution is -2.36. The molecule has 0 unspecified atom stereocenters. The summed E-state index contributed by atoms with van der Waals surface area (Å²) in [6.07, 6.45) is 6.36. The van der Waals surface area contributed by atoms with Crippen molar-refractivity contribution in [3.63, 3.8) is 0 Å². The molecule has 1 fully saturated rings. The number of benzene rings is 1. The SMILES string of the molecule is Cc1nc(/C=C/C(=O)Nc2ccccc2C(=O)N2CCCCC2)cs1. The summed E-state index contributed by atoms with van der Waals surface area (Å²) in [6.45, 7) is 3.49. The lowest BCUT2D eigenvalue weighted by molar-refractivity contribution is -0.111. The number of aryl methyl sites for hydroxylation is 1. The molecular formula is C19H21N3O2S. The average Bonchev–Trinajstić information content (AvgIpc) is 3.06. The number of carbonyl (C=O) groups excluding carboxylic acids is 2. The van der Waals surface area contributed by atoms with Crippen LogP contribution in [0.1, 0.15) is 40.3 Å². The van der Waals surface area contributed by atoms with E-state index in [1.807, 2.05) is 29.3 Å². The van der Waals surface area contributed by atoms with Crippen molar-refractivity contribution in [2.75, 3.05) is 18.4 Å². The molecule has 2 aromatic rings. The summed E-state index contributed by atoms with van der Waals surface area (Å²) in [6, 6.07) is 7.16. The first kappa shape index (κ1) is 17.4. The van der Waals surface area contributed by atoms with Gasteiger partial charge in [0.15, 0.2) is 0 Å². The smallest absolute Gasteiger partial charge is 0.255 e. The number of hydrogen-bond donors (Lipinski definition) is 1. The number of nitrogens with one attached hydrogen (secondary N) is 1. The number of nitrogens with zero attached hydrogens (tertiary/aromatic N) is 2. The molecule has 0 atom stereocenters. The van der Waals surface area contributed by atoms with Crippen LogP contribution >= 0.6 is 11.3 Å². The lowest BCUT2D eigenvalue weighted by Gasteiger charge is -2.27. The third-order valence-corrected chi connectivity index (χ3v) is 4.89. The van der Waals surface area contributed by atoms with E-state index in [2.05, 4.69) is 10.3 Å². The maximum absolute atomic E-state index is 12.7. The van der Waals surface area contributed by atoms with Gasteiger partial charge in [0.05, 0.1) is 22.0 Å². The molecule has 25 heavy (non-hydrogen) atoms. The molecule has 1 aliphatic heterocycles. The topological polar surface area (TPSA) is 62.3 Å². The van der Waals surface area contributed by atoms with Crippen molar-refractivity contribution in [1.29, 1.82) is 0 Å². The van der Waals surface area contributed by atoms with Gasteiger partial charge in [0.2, 0.25) is 5.91 Å². The van der Waals surface area contributed by atoms with E-state index in [9.17, 15) is 9.59 Å². The summed E-state index contributed by atoms with van der Waals surface area (Å²) in [7, 11) is 0. The molecule has 2 amide bonds. The summed E-state index contributed by atoms with van der Waals surface area (Å²) in [4.78, 5) is 31.1. The molecule has 0 bridgehead atoms. The predicted octanol–water partition coefficient (Wildman–Crippen LogP) is 3.73. The molecule has 1 saturated heterocycles. The Morgan fingerprint density at radius 3 is 2.68 bits per heavy atom. The number of anilines is 1. The van der Waals surface area contributed by atoms with E-state index in [1.165, 1.54) is 23.8 Å². The Kier molecular flexibility index (Phi) is 5.60. The first-order valence-electron chi connectivity index (χ1n) is 8.43.